The molecular weight excluding hydrogens is 486 g/mol. The second-order valence-electron chi connectivity index (χ2n) is 7.02. The minimum Gasteiger partial charge on any atom is -0.494 e. The van der Waals surface area contributed by atoms with Gasteiger partial charge in [-0.25, -0.2) is 16.8 Å². The van der Waals surface area contributed by atoms with E-state index in [2.05, 4.69) is 0 Å². The minimum atomic E-state index is -4.54. The summed E-state index contributed by atoms with van der Waals surface area (Å²) in [5.74, 6) is 0.214. The van der Waals surface area contributed by atoms with E-state index in [4.69, 9.17) is 16.3 Å². The van der Waals surface area contributed by atoms with Gasteiger partial charge >= 0.3 is 0 Å². The summed E-state index contributed by atoms with van der Waals surface area (Å²) in [5, 5.41) is 0.228. The zero-order valence-electron chi connectivity index (χ0n) is 17.9. The van der Waals surface area contributed by atoms with Gasteiger partial charge in [0.25, 0.3) is 20.0 Å². The number of benzene rings is 3. The molecule has 0 radical (unpaired) electrons. The number of hydrogen-bond donors (Lipinski definition) is 0. The Balaban J connectivity index is 2.12. The topological polar surface area (TPSA) is 97.8 Å². The fraction of sp³-hybridized carbons (Fsp3) is 0.174. The highest BCUT2D eigenvalue weighted by atomic mass is 35.5. The molecule has 7 nitrogen and oxygen atoms in total. The first-order chi connectivity index (χ1) is 15.6. The third-order valence-corrected chi connectivity index (χ3v) is 9.40. The van der Waals surface area contributed by atoms with Crippen molar-refractivity contribution >= 4 is 37.4 Å². The molecule has 33 heavy (non-hydrogen) atoms. The third-order valence-electron chi connectivity index (χ3n) is 4.78. The predicted octanol–water partition coefficient (Wildman–Crippen LogP) is 4.52. The Morgan fingerprint density at radius 3 is 1.85 bits per heavy atom. The molecule has 0 bridgehead atoms. The van der Waals surface area contributed by atoms with Crippen molar-refractivity contribution in [1.29, 1.82) is 0 Å². The molecule has 10 heteroatoms. The van der Waals surface area contributed by atoms with Gasteiger partial charge in [-0.3, -0.25) is 4.79 Å². The Bertz CT molecular complexity index is 1350. The maximum absolute atomic E-state index is 13.5. The second kappa shape index (κ2) is 10.0. The number of carbonyl (C=O) groups is 1. The first kappa shape index (κ1) is 24.9. The van der Waals surface area contributed by atoms with Crippen LogP contribution in [0.15, 0.2) is 82.6 Å². The number of ether oxygens (including phenoxy) is 1. The van der Waals surface area contributed by atoms with Gasteiger partial charge in [-0.15, -0.1) is 0 Å². The summed E-state index contributed by atoms with van der Waals surface area (Å²) in [5.41, 5.74) is 0.624. The summed E-state index contributed by atoms with van der Waals surface area (Å²) in [7, 11) is -9.06. The molecule has 0 saturated heterocycles. The van der Waals surface area contributed by atoms with Gasteiger partial charge in [-0.1, -0.05) is 45.6 Å². The lowest BCUT2D eigenvalue weighted by molar-refractivity contribution is 0.101. The van der Waals surface area contributed by atoms with E-state index in [1.54, 1.807) is 31.2 Å². The predicted molar refractivity (Wildman–Crippen MR) is 125 cm³/mol. The molecule has 0 unspecified atom stereocenters. The Morgan fingerprint density at radius 2 is 1.36 bits per heavy atom. The van der Waals surface area contributed by atoms with E-state index in [1.165, 1.54) is 55.5 Å². The van der Waals surface area contributed by atoms with Crippen LogP contribution in [0.25, 0.3) is 0 Å². The van der Waals surface area contributed by atoms with Crippen molar-refractivity contribution in [2.75, 3.05) is 6.61 Å². The summed E-state index contributed by atoms with van der Waals surface area (Å²) >= 11 is 6.20. The highest BCUT2D eigenvalue weighted by Gasteiger charge is 2.37. The first-order valence-electron chi connectivity index (χ1n) is 9.92. The fourth-order valence-corrected chi connectivity index (χ4v) is 6.83. The minimum absolute atomic E-state index is 0.220. The fourth-order valence-electron chi connectivity index (χ4n) is 3.04. The van der Waals surface area contributed by atoms with Crippen LogP contribution in [0.2, 0.25) is 5.02 Å². The van der Waals surface area contributed by atoms with Gasteiger partial charge in [0.1, 0.15) is 5.75 Å². The van der Waals surface area contributed by atoms with Crippen molar-refractivity contribution < 1.29 is 26.4 Å². The van der Waals surface area contributed by atoms with E-state index in [9.17, 15) is 21.6 Å². The molecular formula is C23H22ClNO6S2. The maximum Gasteiger partial charge on any atom is 0.256 e. The summed E-state index contributed by atoms with van der Waals surface area (Å²) in [6.07, 6.45) is 0. The van der Waals surface area contributed by atoms with Crippen LogP contribution < -0.4 is 4.74 Å². The van der Waals surface area contributed by atoms with Crippen LogP contribution in [-0.2, 0) is 26.6 Å². The number of carbonyl (C=O) groups excluding carboxylic acids is 1. The molecule has 3 aromatic rings. The lowest BCUT2D eigenvalue weighted by Gasteiger charge is -2.23. The molecule has 0 aliphatic carbocycles. The molecule has 0 spiro atoms. The quantitative estimate of drug-likeness (QED) is 0.395. The van der Waals surface area contributed by atoms with Crippen LogP contribution >= 0.6 is 11.6 Å². The number of nitrogens with zero attached hydrogens (tertiary/aromatic N) is 1. The number of Topliss-reactive ketones (excluding diaryl/α,β-unsaturated/α-hetero) is 1. The molecule has 0 aliphatic rings. The Labute approximate surface area is 198 Å². The van der Waals surface area contributed by atoms with Crippen LogP contribution in [-0.4, -0.2) is 32.9 Å². The van der Waals surface area contributed by atoms with Gasteiger partial charge in [0.15, 0.2) is 5.78 Å². The van der Waals surface area contributed by atoms with E-state index in [0.717, 1.165) is 0 Å². The van der Waals surface area contributed by atoms with Gasteiger partial charge in [0.05, 0.1) is 22.9 Å². The second-order valence-corrected chi connectivity index (χ2v) is 11.4. The van der Waals surface area contributed by atoms with Gasteiger partial charge in [0.2, 0.25) is 0 Å². The molecule has 0 amide bonds. The van der Waals surface area contributed by atoms with Crippen molar-refractivity contribution in [3.8, 4) is 5.75 Å². The van der Waals surface area contributed by atoms with Crippen LogP contribution in [0.3, 0.4) is 0 Å². The Hall–Kier alpha value is -2.72. The van der Waals surface area contributed by atoms with Crippen LogP contribution in [0.5, 0.6) is 5.75 Å². The van der Waals surface area contributed by atoms with Crippen molar-refractivity contribution in [1.82, 2.24) is 3.71 Å². The average Bonchev–Trinajstić information content (AvgIpc) is 2.79. The summed E-state index contributed by atoms with van der Waals surface area (Å²) < 4.78 is 59.8. The highest BCUT2D eigenvalue weighted by Crippen LogP contribution is 2.29. The van der Waals surface area contributed by atoms with Crippen LogP contribution in [0.4, 0.5) is 0 Å². The summed E-state index contributed by atoms with van der Waals surface area (Å²) in [6.45, 7) is 3.03. The first-order valence-corrected chi connectivity index (χ1v) is 13.2. The smallest absolute Gasteiger partial charge is 0.256 e. The van der Waals surface area contributed by atoms with Crippen molar-refractivity contribution in [3.63, 3.8) is 0 Å². The highest BCUT2D eigenvalue weighted by molar-refractivity contribution is 8.04. The van der Waals surface area contributed by atoms with Gasteiger partial charge < -0.3 is 4.74 Å². The van der Waals surface area contributed by atoms with E-state index in [-0.39, 0.29) is 20.6 Å². The number of ketones is 1. The largest absolute Gasteiger partial charge is 0.494 e. The van der Waals surface area contributed by atoms with Crippen molar-refractivity contribution in [2.24, 2.45) is 0 Å². The lowest BCUT2D eigenvalue weighted by Crippen LogP contribution is -2.36. The molecule has 3 rings (SSSR count). The van der Waals surface area contributed by atoms with Crippen LogP contribution in [0.1, 0.15) is 29.8 Å². The summed E-state index contributed by atoms with van der Waals surface area (Å²) in [4.78, 5) is 11.1. The average molecular weight is 508 g/mol. The SMILES string of the molecule is CCOc1ccc(S(=O)(=O)N(Cc2ccccc2Cl)S(=O)(=O)c2ccc(C(C)=O)cc2)cc1. The number of rotatable bonds is 9. The van der Waals surface area contributed by atoms with Gasteiger partial charge in [0, 0.05) is 10.6 Å². The monoisotopic (exact) mass is 507 g/mol. The lowest BCUT2D eigenvalue weighted by atomic mass is 10.2. The van der Waals surface area contributed by atoms with E-state index >= 15 is 0 Å². The van der Waals surface area contributed by atoms with E-state index in [0.29, 0.717) is 27.2 Å². The molecule has 0 saturated carbocycles. The molecule has 3 aromatic carbocycles. The Kier molecular flexibility index (Phi) is 7.58. The van der Waals surface area contributed by atoms with Gasteiger partial charge in [-0.05, 0) is 61.9 Å². The molecule has 0 N–H and O–H groups in total. The number of sulfonamides is 2. The van der Waals surface area contributed by atoms with E-state index < -0.39 is 26.6 Å². The molecule has 174 valence electrons. The van der Waals surface area contributed by atoms with Crippen molar-refractivity contribution in [2.45, 2.75) is 30.2 Å². The molecule has 0 aliphatic heterocycles. The normalized spacial score (nSPS) is 12.0. The third kappa shape index (κ3) is 5.44. The molecule has 0 fully saturated rings. The standard InChI is InChI=1S/C23H22ClNO6S2/c1-3-31-20-10-14-22(15-11-20)33(29,30)25(16-19-6-4-5-7-23(19)24)32(27,28)21-12-8-18(9-13-21)17(2)26/h4-15H,3,16H2,1-2H3. The zero-order valence-corrected chi connectivity index (χ0v) is 20.3. The number of halogens is 1. The molecule has 0 heterocycles. The number of hydrogen-bond acceptors (Lipinski definition) is 6. The van der Waals surface area contributed by atoms with E-state index in [1.807, 2.05) is 0 Å². The van der Waals surface area contributed by atoms with Crippen molar-refractivity contribution in [3.05, 3.63) is 88.9 Å². The molecule has 0 atom stereocenters. The Morgan fingerprint density at radius 1 is 0.848 bits per heavy atom. The maximum atomic E-state index is 13.5. The molecule has 0 aromatic heterocycles. The van der Waals surface area contributed by atoms with Crippen LogP contribution in [0, 0.1) is 0 Å². The summed E-state index contributed by atoms with van der Waals surface area (Å²) in [6, 6.07) is 17.0. The zero-order chi connectivity index (χ0) is 24.2. The van der Waals surface area contributed by atoms with Gasteiger partial charge in [-0.2, -0.15) is 0 Å².